The zero-order valence-electron chi connectivity index (χ0n) is 16.8. The molecule has 1 aliphatic heterocycles. The molecule has 30 heavy (non-hydrogen) atoms. The molecule has 2 aromatic carbocycles. The second-order valence-electron chi connectivity index (χ2n) is 7.28. The molecule has 1 fully saturated rings. The molecule has 9 heteroatoms. The molecule has 2 aromatic rings. The highest BCUT2D eigenvalue weighted by atomic mass is 16.7. The van der Waals surface area contributed by atoms with Gasteiger partial charge in [0, 0.05) is 37.9 Å². The SMILES string of the molecule is Cc1cc(C)cc(Oc2cc(NC=C3C(=O)OC(C)(C)OC3=O)cc([N+](=O)[O-])c2)c1. The van der Waals surface area contributed by atoms with Gasteiger partial charge in [0.2, 0.25) is 0 Å². The van der Waals surface area contributed by atoms with Gasteiger partial charge in [0.25, 0.3) is 11.5 Å². The summed E-state index contributed by atoms with van der Waals surface area (Å²) in [7, 11) is 0. The fraction of sp³-hybridized carbons (Fsp3) is 0.238. The van der Waals surface area contributed by atoms with E-state index in [-0.39, 0.29) is 22.7 Å². The van der Waals surface area contributed by atoms with E-state index in [1.54, 1.807) is 12.1 Å². The van der Waals surface area contributed by atoms with Crippen LogP contribution in [0.5, 0.6) is 11.5 Å². The largest absolute Gasteiger partial charge is 0.457 e. The van der Waals surface area contributed by atoms with E-state index in [1.165, 1.54) is 32.0 Å². The van der Waals surface area contributed by atoms with Gasteiger partial charge in [-0.05, 0) is 37.1 Å². The molecule has 1 N–H and O–H groups in total. The number of ether oxygens (including phenoxy) is 3. The minimum Gasteiger partial charge on any atom is -0.457 e. The summed E-state index contributed by atoms with van der Waals surface area (Å²) in [5, 5.41) is 14.0. The highest BCUT2D eigenvalue weighted by molar-refractivity contribution is 6.15. The fourth-order valence-electron chi connectivity index (χ4n) is 2.89. The Kier molecular flexibility index (Phi) is 5.46. The summed E-state index contributed by atoms with van der Waals surface area (Å²) in [6.45, 7) is 6.70. The minimum absolute atomic E-state index is 0.213. The Labute approximate surface area is 172 Å². The van der Waals surface area contributed by atoms with Crippen LogP contribution in [0.4, 0.5) is 11.4 Å². The van der Waals surface area contributed by atoms with E-state index in [0.29, 0.717) is 5.75 Å². The zero-order chi connectivity index (χ0) is 22.1. The predicted molar refractivity (Wildman–Crippen MR) is 107 cm³/mol. The van der Waals surface area contributed by atoms with Crippen LogP contribution in [-0.4, -0.2) is 22.6 Å². The van der Waals surface area contributed by atoms with Crippen molar-refractivity contribution in [2.75, 3.05) is 5.32 Å². The Hall–Kier alpha value is -3.88. The normalized spacial score (nSPS) is 15.1. The number of carbonyl (C=O) groups is 2. The number of anilines is 1. The van der Waals surface area contributed by atoms with Crippen LogP contribution < -0.4 is 10.1 Å². The Balaban J connectivity index is 1.89. The maximum atomic E-state index is 12.0. The maximum absolute atomic E-state index is 12.0. The van der Waals surface area contributed by atoms with Gasteiger partial charge in [-0.1, -0.05) is 6.07 Å². The average Bonchev–Trinajstić information content (AvgIpc) is 2.58. The van der Waals surface area contributed by atoms with Crippen LogP contribution in [0.15, 0.2) is 48.2 Å². The number of nitro benzene ring substituents is 1. The molecule has 0 spiro atoms. The number of rotatable bonds is 5. The molecule has 156 valence electrons. The number of benzene rings is 2. The summed E-state index contributed by atoms with van der Waals surface area (Å²) in [5.74, 6) is -2.34. The van der Waals surface area contributed by atoms with Gasteiger partial charge in [0.05, 0.1) is 11.0 Å². The molecule has 0 amide bonds. The highest BCUT2D eigenvalue weighted by Gasteiger charge is 2.38. The van der Waals surface area contributed by atoms with Gasteiger partial charge < -0.3 is 19.5 Å². The molecule has 1 heterocycles. The van der Waals surface area contributed by atoms with Crippen LogP contribution in [0.3, 0.4) is 0 Å². The number of non-ortho nitro benzene ring substituents is 1. The van der Waals surface area contributed by atoms with Crippen LogP contribution in [0.25, 0.3) is 0 Å². The molecule has 0 saturated carbocycles. The van der Waals surface area contributed by atoms with Crippen molar-refractivity contribution in [3.05, 3.63) is 69.4 Å². The quantitative estimate of drug-likeness (QED) is 0.256. The lowest BCUT2D eigenvalue weighted by Crippen LogP contribution is -2.42. The number of nitrogens with one attached hydrogen (secondary N) is 1. The molecule has 9 nitrogen and oxygen atoms in total. The van der Waals surface area contributed by atoms with E-state index in [4.69, 9.17) is 14.2 Å². The topological polar surface area (TPSA) is 117 Å². The number of aryl methyl sites for hydroxylation is 2. The third kappa shape index (κ3) is 4.93. The molecule has 1 saturated heterocycles. The van der Waals surface area contributed by atoms with Crippen molar-refractivity contribution in [2.45, 2.75) is 33.5 Å². The van der Waals surface area contributed by atoms with Crippen LogP contribution in [0, 0.1) is 24.0 Å². The highest BCUT2D eigenvalue weighted by Crippen LogP contribution is 2.31. The van der Waals surface area contributed by atoms with Crippen molar-refractivity contribution in [1.82, 2.24) is 0 Å². The van der Waals surface area contributed by atoms with E-state index < -0.39 is 22.6 Å². The van der Waals surface area contributed by atoms with Crippen molar-refractivity contribution >= 4 is 23.3 Å². The van der Waals surface area contributed by atoms with Gasteiger partial charge in [-0.2, -0.15) is 0 Å². The third-order valence-electron chi connectivity index (χ3n) is 4.03. The molecule has 0 bridgehead atoms. The summed E-state index contributed by atoms with van der Waals surface area (Å²) in [4.78, 5) is 34.8. The summed E-state index contributed by atoms with van der Waals surface area (Å²) in [6, 6.07) is 9.61. The molecule has 0 unspecified atom stereocenters. The molecule has 0 aliphatic carbocycles. The van der Waals surface area contributed by atoms with E-state index >= 15 is 0 Å². The Morgan fingerprint density at radius 3 is 2.10 bits per heavy atom. The third-order valence-corrected chi connectivity index (χ3v) is 4.03. The number of nitro groups is 1. The zero-order valence-corrected chi connectivity index (χ0v) is 16.8. The molecule has 0 radical (unpaired) electrons. The van der Waals surface area contributed by atoms with Gasteiger partial charge in [-0.3, -0.25) is 10.1 Å². The number of esters is 2. The van der Waals surface area contributed by atoms with Crippen molar-refractivity contribution < 1.29 is 28.7 Å². The molecular weight excluding hydrogens is 392 g/mol. The fourth-order valence-corrected chi connectivity index (χ4v) is 2.89. The van der Waals surface area contributed by atoms with E-state index in [2.05, 4.69) is 5.32 Å². The average molecular weight is 412 g/mol. The number of cyclic esters (lactones) is 2. The molecule has 0 aromatic heterocycles. The second-order valence-corrected chi connectivity index (χ2v) is 7.28. The first-order chi connectivity index (χ1) is 14.0. The van der Waals surface area contributed by atoms with Gasteiger partial charge in [0.1, 0.15) is 11.5 Å². The maximum Gasteiger partial charge on any atom is 0.350 e. The molecular formula is C21H20N2O7. The lowest BCUT2D eigenvalue weighted by molar-refractivity contribution is -0.384. The Morgan fingerprint density at radius 1 is 0.967 bits per heavy atom. The summed E-state index contributed by atoms with van der Waals surface area (Å²) in [5.41, 5.74) is 1.61. The van der Waals surface area contributed by atoms with Crippen LogP contribution in [-0.2, 0) is 19.1 Å². The van der Waals surface area contributed by atoms with Gasteiger partial charge in [-0.15, -0.1) is 0 Å². The van der Waals surface area contributed by atoms with Crippen LogP contribution >= 0.6 is 0 Å². The van der Waals surface area contributed by atoms with Gasteiger partial charge >= 0.3 is 11.9 Å². The van der Waals surface area contributed by atoms with Crippen molar-refractivity contribution in [3.63, 3.8) is 0 Å². The van der Waals surface area contributed by atoms with Crippen molar-refractivity contribution in [2.24, 2.45) is 0 Å². The Morgan fingerprint density at radius 2 is 1.53 bits per heavy atom. The number of nitrogens with zero attached hydrogens (tertiary/aromatic N) is 1. The first-order valence-corrected chi connectivity index (χ1v) is 9.01. The lowest BCUT2D eigenvalue weighted by atomic mass is 10.1. The second kappa shape index (κ2) is 7.86. The van der Waals surface area contributed by atoms with E-state index in [0.717, 1.165) is 17.3 Å². The molecule has 0 atom stereocenters. The molecule has 1 aliphatic rings. The van der Waals surface area contributed by atoms with Gasteiger partial charge in [0.15, 0.2) is 5.57 Å². The van der Waals surface area contributed by atoms with Crippen LogP contribution in [0.1, 0.15) is 25.0 Å². The summed E-state index contributed by atoms with van der Waals surface area (Å²) >= 11 is 0. The lowest BCUT2D eigenvalue weighted by Gasteiger charge is -2.29. The first kappa shape index (κ1) is 20.8. The van der Waals surface area contributed by atoms with Crippen LogP contribution in [0.2, 0.25) is 0 Å². The van der Waals surface area contributed by atoms with E-state index in [9.17, 15) is 19.7 Å². The minimum atomic E-state index is -1.36. The predicted octanol–water partition coefficient (Wildman–Crippen LogP) is 4.14. The number of hydrogen-bond acceptors (Lipinski definition) is 8. The van der Waals surface area contributed by atoms with Crippen molar-refractivity contribution in [1.29, 1.82) is 0 Å². The standard InChI is InChI=1S/C21H20N2O7/c1-12-5-13(2)7-16(6-12)28-17-9-14(8-15(10-17)23(26)27)22-11-18-19(24)29-21(3,4)30-20(18)25/h5-11,22H,1-4H3. The first-order valence-electron chi connectivity index (χ1n) is 9.01. The Bertz CT molecular complexity index is 1030. The van der Waals surface area contributed by atoms with Gasteiger partial charge in [-0.25, -0.2) is 9.59 Å². The number of hydrogen-bond donors (Lipinski definition) is 1. The monoisotopic (exact) mass is 412 g/mol. The van der Waals surface area contributed by atoms with E-state index in [1.807, 2.05) is 19.9 Å². The summed E-state index contributed by atoms with van der Waals surface area (Å²) in [6.07, 6.45) is 1.08. The smallest absolute Gasteiger partial charge is 0.350 e. The van der Waals surface area contributed by atoms with Crippen molar-refractivity contribution in [3.8, 4) is 11.5 Å². The number of carbonyl (C=O) groups excluding carboxylic acids is 2. The summed E-state index contributed by atoms with van der Waals surface area (Å²) < 4.78 is 15.8. The molecule has 3 rings (SSSR count).